The highest BCUT2D eigenvalue weighted by molar-refractivity contribution is 6.14. The van der Waals surface area contributed by atoms with Crippen LogP contribution in [0.1, 0.15) is 22.7 Å². The Morgan fingerprint density at radius 1 is 0.846 bits per heavy atom. The first kappa shape index (κ1) is 27.3. The van der Waals surface area contributed by atoms with E-state index in [2.05, 4.69) is 0 Å². The molecule has 0 aromatic heterocycles. The van der Waals surface area contributed by atoms with Crippen LogP contribution in [-0.4, -0.2) is 56.7 Å². The normalized spacial score (nSPS) is 15.1. The molecule has 1 N–H and O–H groups in total. The smallest absolute Gasteiger partial charge is 0.290 e. The average Bonchev–Trinajstić information content (AvgIpc) is 3.23. The van der Waals surface area contributed by atoms with E-state index in [1.54, 1.807) is 44.6 Å². The van der Waals surface area contributed by atoms with Gasteiger partial charge in [-0.25, -0.2) is 0 Å². The predicted octanol–water partition coefficient (Wildman–Crippen LogP) is 4.94. The molecule has 39 heavy (non-hydrogen) atoms. The molecule has 0 saturated carbocycles. The van der Waals surface area contributed by atoms with Gasteiger partial charge in [0, 0.05) is 6.54 Å². The zero-order chi connectivity index (χ0) is 27.9. The van der Waals surface area contributed by atoms with Crippen molar-refractivity contribution in [2.24, 2.45) is 0 Å². The Bertz CT molecular complexity index is 1410. The highest BCUT2D eigenvalue weighted by atomic mass is 16.5. The molecule has 1 aliphatic rings. The van der Waals surface area contributed by atoms with Crippen LogP contribution in [0.3, 0.4) is 0 Å². The third kappa shape index (κ3) is 5.75. The summed E-state index contributed by atoms with van der Waals surface area (Å²) in [6, 6.07) is 19.2. The van der Waals surface area contributed by atoms with Gasteiger partial charge in [-0.3, -0.25) is 9.59 Å². The highest BCUT2D eigenvalue weighted by Gasteiger charge is 2.43. The molecule has 1 atom stereocenters. The number of hydrogen-bond acceptors (Lipinski definition) is 7. The van der Waals surface area contributed by atoms with Crippen molar-refractivity contribution in [3.05, 3.63) is 101 Å². The molecule has 1 aliphatic heterocycles. The Kier molecular flexibility index (Phi) is 8.56. The van der Waals surface area contributed by atoms with Gasteiger partial charge in [-0.05, 0) is 53.5 Å². The van der Waals surface area contributed by atoms with Crippen molar-refractivity contribution in [3.63, 3.8) is 0 Å². The summed E-state index contributed by atoms with van der Waals surface area (Å²) in [7, 11) is 6.16. The Hall–Kier alpha value is -4.72. The first-order chi connectivity index (χ1) is 18.9. The third-order valence-electron chi connectivity index (χ3n) is 6.61. The molecule has 1 heterocycles. The molecule has 202 valence electrons. The monoisotopic (exact) mass is 529 g/mol. The number of rotatable bonds is 11. The van der Waals surface area contributed by atoms with Crippen molar-refractivity contribution in [2.45, 2.75) is 12.5 Å². The van der Waals surface area contributed by atoms with Crippen LogP contribution in [0.25, 0.3) is 6.08 Å². The summed E-state index contributed by atoms with van der Waals surface area (Å²) in [5.41, 5.74) is 2.33. The van der Waals surface area contributed by atoms with Crippen LogP contribution in [0.15, 0.2) is 84.1 Å². The summed E-state index contributed by atoms with van der Waals surface area (Å²) in [6.07, 6.45) is 3.48. The highest BCUT2D eigenvalue weighted by Crippen LogP contribution is 2.41. The van der Waals surface area contributed by atoms with Crippen molar-refractivity contribution in [1.82, 2.24) is 4.90 Å². The molecule has 0 radical (unpaired) electrons. The molecule has 0 spiro atoms. The van der Waals surface area contributed by atoms with Crippen LogP contribution in [0.2, 0.25) is 0 Å². The number of ether oxygens (including phenoxy) is 4. The fourth-order valence-corrected chi connectivity index (χ4v) is 4.62. The maximum atomic E-state index is 13.4. The number of amides is 1. The van der Waals surface area contributed by atoms with Crippen LogP contribution in [0.5, 0.6) is 23.0 Å². The number of hydrogen-bond donors (Lipinski definition) is 1. The molecular weight excluding hydrogens is 498 g/mol. The fourth-order valence-electron chi connectivity index (χ4n) is 4.62. The van der Waals surface area contributed by atoms with Gasteiger partial charge >= 0.3 is 0 Å². The Labute approximate surface area is 227 Å². The van der Waals surface area contributed by atoms with Gasteiger partial charge in [0.1, 0.15) is 0 Å². The van der Waals surface area contributed by atoms with Gasteiger partial charge in [-0.2, -0.15) is 0 Å². The van der Waals surface area contributed by atoms with E-state index in [0.29, 0.717) is 35.0 Å². The average molecular weight is 530 g/mol. The molecule has 0 bridgehead atoms. The molecule has 0 fully saturated rings. The van der Waals surface area contributed by atoms with Crippen molar-refractivity contribution in [3.8, 4) is 23.0 Å². The summed E-state index contributed by atoms with van der Waals surface area (Å²) >= 11 is 0. The van der Waals surface area contributed by atoms with Gasteiger partial charge in [0.15, 0.2) is 34.5 Å². The molecule has 4 rings (SSSR count). The van der Waals surface area contributed by atoms with Gasteiger partial charge in [0.2, 0.25) is 0 Å². The second-order valence-electron chi connectivity index (χ2n) is 8.83. The van der Waals surface area contributed by atoms with Crippen molar-refractivity contribution >= 4 is 17.8 Å². The van der Waals surface area contributed by atoms with E-state index in [1.165, 1.54) is 25.2 Å². The minimum absolute atomic E-state index is 0.00622. The van der Waals surface area contributed by atoms with Gasteiger partial charge < -0.3 is 29.0 Å². The summed E-state index contributed by atoms with van der Waals surface area (Å²) in [6.45, 7) is 0.233. The minimum atomic E-state index is -0.828. The number of ketones is 1. The van der Waals surface area contributed by atoms with Crippen LogP contribution in [0, 0.1) is 0 Å². The van der Waals surface area contributed by atoms with Gasteiger partial charge in [-0.1, -0.05) is 48.5 Å². The Balaban J connectivity index is 1.70. The number of aliphatic hydroxyl groups is 1. The minimum Gasteiger partial charge on any atom is -0.503 e. The third-order valence-corrected chi connectivity index (χ3v) is 6.61. The molecule has 3 aromatic carbocycles. The first-order valence-corrected chi connectivity index (χ1v) is 12.4. The van der Waals surface area contributed by atoms with E-state index in [0.717, 1.165) is 11.1 Å². The quantitative estimate of drug-likeness (QED) is 0.352. The molecule has 1 amide bonds. The van der Waals surface area contributed by atoms with E-state index in [9.17, 15) is 14.7 Å². The summed E-state index contributed by atoms with van der Waals surface area (Å²) < 4.78 is 21.6. The van der Waals surface area contributed by atoms with Crippen molar-refractivity contribution < 1.29 is 33.6 Å². The lowest BCUT2D eigenvalue weighted by Gasteiger charge is -2.27. The van der Waals surface area contributed by atoms with Crippen LogP contribution in [0.4, 0.5) is 0 Å². The van der Waals surface area contributed by atoms with Gasteiger partial charge in [0.05, 0.1) is 40.1 Å². The maximum absolute atomic E-state index is 13.4. The first-order valence-electron chi connectivity index (χ1n) is 12.4. The summed E-state index contributed by atoms with van der Waals surface area (Å²) in [5.74, 6) is 0.476. The van der Waals surface area contributed by atoms with Crippen LogP contribution in [-0.2, 0) is 16.0 Å². The van der Waals surface area contributed by atoms with E-state index in [4.69, 9.17) is 18.9 Å². The lowest BCUT2D eigenvalue weighted by molar-refractivity contribution is -0.129. The molecule has 0 unspecified atom stereocenters. The number of methoxy groups -OCH3 is 4. The predicted molar refractivity (Wildman–Crippen MR) is 147 cm³/mol. The zero-order valence-corrected chi connectivity index (χ0v) is 22.3. The summed E-state index contributed by atoms with van der Waals surface area (Å²) in [5, 5.41) is 10.9. The number of allylic oxidation sites excluding steroid dienone is 1. The topological polar surface area (TPSA) is 94.5 Å². The van der Waals surface area contributed by atoms with E-state index < -0.39 is 23.5 Å². The molecule has 8 heteroatoms. The van der Waals surface area contributed by atoms with Crippen molar-refractivity contribution in [1.29, 1.82) is 0 Å². The van der Waals surface area contributed by atoms with E-state index in [1.807, 2.05) is 42.5 Å². The van der Waals surface area contributed by atoms with Gasteiger partial charge in [-0.15, -0.1) is 0 Å². The molecule has 0 saturated heterocycles. The van der Waals surface area contributed by atoms with Crippen molar-refractivity contribution in [2.75, 3.05) is 35.0 Å². The van der Waals surface area contributed by atoms with E-state index in [-0.39, 0.29) is 12.1 Å². The van der Waals surface area contributed by atoms with Crippen LogP contribution < -0.4 is 18.9 Å². The summed E-state index contributed by atoms with van der Waals surface area (Å²) in [4.78, 5) is 28.3. The molecular formula is C31H31NO7. The number of aliphatic hydroxyl groups excluding tert-OH is 1. The number of nitrogens with zero attached hydrogens (tertiary/aromatic N) is 1. The zero-order valence-electron chi connectivity index (χ0n) is 22.3. The van der Waals surface area contributed by atoms with Gasteiger partial charge in [0.25, 0.3) is 5.91 Å². The van der Waals surface area contributed by atoms with E-state index >= 15 is 0 Å². The maximum Gasteiger partial charge on any atom is 0.290 e. The number of benzene rings is 3. The Morgan fingerprint density at radius 3 is 2.10 bits per heavy atom. The SMILES string of the molecule is COc1ccc(CCN2C(=O)C(O)=C(C(=O)/C=C/c3ccccc3)[C@H]2c2ccc(OC)c(OC)c2)cc1OC. The Morgan fingerprint density at radius 2 is 1.46 bits per heavy atom. The lowest BCUT2D eigenvalue weighted by Crippen LogP contribution is -2.33. The molecule has 3 aromatic rings. The second kappa shape index (κ2) is 12.2. The number of carbonyl (C=O) groups is 2. The molecule has 8 nitrogen and oxygen atoms in total. The second-order valence-corrected chi connectivity index (χ2v) is 8.83. The van der Waals surface area contributed by atoms with Crippen LogP contribution >= 0.6 is 0 Å². The number of carbonyl (C=O) groups excluding carboxylic acids is 2. The largest absolute Gasteiger partial charge is 0.503 e. The molecule has 0 aliphatic carbocycles. The fraction of sp³-hybridized carbons (Fsp3) is 0.226. The standard InChI is InChI=1S/C31H31NO7/c1-36-24-14-11-21(18-26(24)38-3)16-17-32-29(22-12-15-25(37-2)27(19-22)39-4)28(30(34)31(32)35)23(33)13-10-20-8-6-5-7-9-20/h5-15,18-19,29,34H,16-17H2,1-4H3/b13-10+/t29-/m1/s1. The lowest BCUT2D eigenvalue weighted by atomic mass is 9.95.